The van der Waals surface area contributed by atoms with Crippen molar-refractivity contribution in [1.29, 1.82) is 0 Å². The summed E-state index contributed by atoms with van der Waals surface area (Å²) in [5, 5.41) is 23.3. The fraction of sp³-hybridized carbons (Fsp3) is 0.222. The normalized spacial score (nSPS) is 10.1. The summed E-state index contributed by atoms with van der Waals surface area (Å²) in [4.78, 5) is 34.5. The number of nitro benzene ring substituents is 1. The van der Waals surface area contributed by atoms with Gasteiger partial charge in [-0.25, -0.2) is 4.79 Å². The first kappa shape index (κ1) is 20.5. The molecule has 148 valence electrons. The van der Waals surface area contributed by atoms with Crippen LogP contribution in [0.3, 0.4) is 0 Å². The minimum Gasteiger partial charge on any atom is -0.507 e. The minimum atomic E-state index is -0.895. The number of nitrogens with zero attached hydrogens (tertiary/aromatic N) is 1. The van der Waals surface area contributed by atoms with Gasteiger partial charge in [0.05, 0.1) is 19.1 Å². The van der Waals surface area contributed by atoms with E-state index in [1.165, 1.54) is 44.6 Å². The molecule has 0 fully saturated rings. The molecule has 10 nitrogen and oxygen atoms in total. The molecule has 0 aliphatic carbocycles. The number of benzene rings is 2. The smallest absolute Gasteiger partial charge is 0.342 e. The summed E-state index contributed by atoms with van der Waals surface area (Å²) in [6.07, 6.45) is 0. The van der Waals surface area contributed by atoms with Gasteiger partial charge in [-0.2, -0.15) is 0 Å². The molecule has 2 N–H and O–H groups in total. The lowest BCUT2D eigenvalue weighted by Gasteiger charge is -2.11. The molecule has 1 amide bonds. The molecular weight excluding hydrogens is 372 g/mol. The van der Waals surface area contributed by atoms with Crippen molar-refractivity contribution in [2.45, 2.75) is 6.92 Å². The summed E-state index contributed by atoms with van der Waals surface area (Å²) >= 11 is 0. The van der Waals surface area contributed by atoms with Gasteiger partial charge >= 0.3 is 11.7 Å². The standard InChI is InChI=1S/C18H18N2O8/c1-10-6-14(20(24)25)16(27-3)8-13(10)19-17(22)9-28-18(23)12-5-4-11(26-2)7-15(12)21/h4-8,21H,9H2,1-3H3,(H,19,22). The predicted molar refractivity (Wildman–Crippen MR) is 98.0 cm³/mol. The van der Waals surface area contributed by atoms with E-state index in [1.54, 1.807) is 6.92 Å². The van der Waals surface area contributed by atoms with Crippen LogP contribution in [0.5, 0.6) is 17.2 Å². The van der Waals surface area contributed by atoms with Gasteiger partial charge in [-0.05, 0) is 24.6 Å². The Hall–Kier alpha value is -3.82. The third-order valence-electron chi connectivity index (χ3n) is 3.76. The fourth-order valence-corrected chi connectivity index (χ4v) is 2.32. The van der Waals surface area contributed by atoms with E-state index in [1.807, 2.05) is 0 Å². The number of hydrogen-bond acceptors (Lipinski definition) is 8. The zero-order valence-electron chi connectivity index (χ0n) is 15.3. The molecular formula is C18H18N2O8. The zero-order chi connectivity index (χ0) is 20.8. The van der Waals surface area contributed by atoms with Gasteiger partial charge in [-0.1, -0.05) is 0 Å². The largest absolute Gasteiger partial charge is 0.507 e. The first-order chi connectivity index (χ1) is 13.3. The zero-order valence-corrected chi connectivity index (χ0v) is 15.3. The first-order valence-electron chi connectivity index (χ1n) is 7.93. The summed E-state index contributed by atoms with van der Waals surface area (Å²) in [7, 11) is 2.68. The Morgan fingerprint density at radius 1 is 1.18 bits per heavy atom. The molecule has 2 rings (SSSR count). The van der Waals surface area contributed by atoms with Gasteiger partial charge in [0.1, 0.15) is 17.1 Å². The third-order valence-corrected chi connectivity index (χ3v) is 3.76. The molecule has 0 heterocycles. The van der Waals surface area contributed by atoms with Crippen LogP contribution < -0.4 is 14.8 Å². The van der Waals surface area contributed by atoms with Crippen molar-refractivity contribution in [3.05, 3.63) is 51.6 Å². The molecule has 2 aromatic carbocycles. The quantitative estimate of drug-likeness (QED) is 0.418. The number of methoxy groups -OCH3 is 2. The van der Waals surface area contributed by atoms with E-state index in [0.29, 0.717) is 11.3 Å². The number of hydrogen-bond donors (Lipinski definition) is 2. The van der Waals surface area contributed by atoms with E-state index in [2.05, 4.69) is 5.32 Å². The van der Waals surface area contributed by atoms with Crippen LogP contribution in [0.2, 0.25) is 0 Å². The molecule has 0 unspecified atom stereocenters. The summed E-state index contributed by atoms with van der Waals surface area (Å²) in [6, 6.07) is 6.57. The molecule has 0 aliphatic rings. The molecule has 0 saturated carbocycles. The highest BCUT2D eigenvalue weighted by Gasteiger charge is 2.19. The number of phenolic OH excluding ortho intramolecular Hbond substituents is 1. The van der Waals surface area contributed by atoms with Crippen molar-refractivity contribution in [1.82, 2.24) is 0 Å². The lowest BCUT2D eigenvalue weighted by Crippen LogP contribution is -2.21. The summed E-state index contributed by atoms with van der Waals surface area (Å²) in [6.45, 7) is 0.951. The number of carbonyl (C=O) groups is 2. The van der Waals surface area contributed by atoms with E-state index in [-0.39, 0.29) is 28.4 Å². The maximum Gasteiger partial charge on any atom is 0.342 e. The number of amides is 1. The topological polar surface area (TPSA) is 137 Å². The van der Waals surface area contributed by atoms with Crippen molar-refractivity contribution in [3.8, 4) is 17.2 Å². The molecule has 2 aromatic rings. The number of phenols is 1. The first-order valence-corrected chi connectivity index (χ1v) is 7.93. The molecule has 0 bridgehead atoms. The number of esters is 1. The predicted octanol–water partition coefficient (Wildman–Crippen LogP) is 2.42. The molecule has 28 heavy (non-hydrogen) atoms. The Morgan fingerprint density at radius 2 is 1.89 bits per heavy atom. The van der Waals surface area contributed by atoms with Gasteiger partial charge in [0.15, 0.2) is 12.4 Å². The van der Waals surface area contributed by atoms with Gasteiger partial charge in [0.2, 0.25) is 0 Å². The van der Waals surface area contributed by atoms with E-state index in [9.17, 15) is 24.8 Å². The number of rotatable bonds is 7. The second-order valence-corrected chi connectivity index (χ2v) is 5.60. The molecule has 0 atom stereocenters. The van der Waals surface area contributed by atoms with Crippen LogP contribution in [0.25, 0.3) is 0 Å². The van der Waals surface area contributed by atoms with Gasteiger partial charge in [-0.3, -0.25) is 14.9 Å². The fourth-order valence-electron chi connectivity index (χ4n) is 2.32. The number of carbonyl (C=O) groups excluding carboxylic acids is 2. The van der Waals surface area contributed by atoms with Crippen molar-refractivity contribution < 1.29 is 33.8 Å². The number of nitro groups is 1. The maximum absolute atomic E-state index is 12.1. The number of nitrogens with one attached hydrogen (secondary N) is 1. The Kier molecular flexibility index (Phi) is 6.38. The summed E-state index contributed by atoms with van der Waals surface area (Å²) < 4.78 is 14.8. The van der Waals surface area contributed by atoms with Crippen LogP contribution in [-0.4, -0.2) is 42.7 Å². The Bertz CT molecular complexity index is 926. The Balaban J connectivity index is 2.04. The van der Waals surface area contributed by atoms with E-state index in [4.69, 9.17) is 14.2 Å². The molecule has 10 heteroatoms. The van der Waals surface area contributed by atoms with Gasteiger partial charge < -0.3 is 24.6 Å². The molecule has 0 radical (unpaired) electrons. The lowest BCUT2D eigenvalue weighted by molar-refractivity contribution is -0.385. The highest BCUT2D eigenvalue weighted by Crippen LogP contribution is 2.32. The van der Waals surface area contributed by atoms with E-state index >= 15 is 0 Å². The molecule has 0 spiro atoms. The number of ether oxygens (including phenoxy) is 3. The maximum atomic E-state index is 12.1. The highest BCUT2D eigenvalue weighted by atomic mass is 16.6. The van der Waals surface area contributed by atoms with Crippen LogP contribution in [0, 0.1) is 17.0 Å². The lowest BCUT2D eigenvalue weighted by atomic mass is 10.1. The number of aryl methyl sites for hydroxylation is 1. The van der Waals surface area contributed by atoms with Crippen molar-refractivity contribution in [2.24, 2.45) is 0 Å². The van der Waals surface area contributed by atoms with Crippen LogP contribution in [-0.2, 0) is 9.53 Å². The molecule has 0 saturated heterocycles. The summed E-state index contributed by atoms with van der Waals surface area (Å²) in [5.41, 5.74) is 0.344. The minimum absolute atomic E-state index is 0.0222. The number of aromatic hydroxyl groups is 1. The highest BCUT2D eigenvalue weighted by molar-refractivity contribution is 5.97. The number of anilines is 1. The van der Waals surface area contributed by atoms with Crippen LogP contribution >= 0.6 is 0 Å². The van der Waals surface area contributed by atoms with Crippen molar-refractivity contribution in [2.75, 3.05) is 26.1 Å². The Labute approximate surface area is 159 Å². The van der Waals surface area contributed by atoms with Crippen LogP contribution in [0.4, 0.5) is 11.4 Å². The average molecular weight is 390 g/mol. The molecule has 0 aliphatic heterocycles. The second-order valence-electron chi connectivity index (χ2n) is 5.60. The summed E-state index contributed by atoms with van der Waals surface area (Å²) in [5.74, 6) is -1.57. The van der Waals surface area contributed by atoms with Crippen LogP contribution in [0.15, 0.2) is 30.3 Å². The van der Waals surface area contributed by atoms with Crippen molar-refractivity contribution >= 4 is 23.3 Å². The van der Waals surface area contributed by atoms with E-state index in [0.717, 1.165) is 0 Å². The monoisotopic (exact) mass is 390 g/mol. The third kappa shape index (κ3) is 4.67. The van der Waals surface area contributed by atoms with E-state index < -0.39 is 23.4 Å². The van der Waals surface area contributed by atoms with Gasteiger partial charge in [-0.15, -0.1) is 0 Å². The molecule has 0 aromatic heterocycles. The second kappa shape index (κ2) is 8.71. The average Bonchev–Trinajstić information content (AvgIpc) is 2.66. The van der Waals surface area contributed by atoms with Crippen LogP contribution in [0.1, 0.15) is 15.9 Å². The van der Waals surface area contributed by atoms with Gasteiger partial charge in [0, 0.05) is 23.9 Å². The van der Waals surface area contributed by atoms with Gasteiger partial charge in [0.25, 0.3) is 5.91 Å². The SMILES string of the molecule is COc1ccc(C(=O)OCC(=O)Nc2cc(OC)c([N+](=O)[O-])cc2C)c(O)c1. The Morgan fingerprint density at radius 3 is 2.46 bits per heavy atom. The van der Waals surface area contributed by atoms with Crippen molar-refractivity contribution in [3.63, 3.8) is 0 Å².